The number of ether oxygens (including phenoxy) is 2. The number of primary amides is 1. The molecule has 4 N–H and O–H groups in total. The van der Waals surface area contributed by atoms with Crippen LogP contribution in [0.15, 0.2) is 24.4 Å². The number of nitrogens with two attached hydrogens (primary N) is 1. The van der Waals surface area contributed by atoms with Gasteiger partial charge in [-0.1, -0.05) is 0 Å². The number of carbonyl (C=O) groups is 2. The van der Waals surface area contributed by atoms with Crippen molar-refractivity contribution in [1.82, 2.24) is 10.3 Å². The Hall–Kier alpha value is -3.03. The summed E-state index contributed by atoms with van der Waals surface area (Å²) in [5.41, 5.74) is 5.68. The van der Waals surface area contributed by atoms with Crippen molar-refractivity contribution in [3.8, 4) is 11.6 Å². The van der Waals surface area contributed by atoms with E-state index in [1.54, 1.807) is 31.4 Å². The summed E-state index contributed by atoms with van der Waals surface area (Å²) in [5.74, 6) is 0.827. The van der Waals surface area contributed by atoms with Crippen LogP contribution in [0.5, 0.6) is 11.6 Å². The highest BCUT2D eigenvalue weighted by Gasteiger charge is 2.21. The van der Waals surface area contributed by atoms with Crippen molar-refractivity contribution in [3.05, 3.63) is 24.4 Å². The van der Waals surface area contributed by atoms with Crippen LogP contribution in [0.2, 0.25) is 0 Å². The van der Waals surface area contributed by atoms with Gasteiger partial charge >= 0.3 is 6.09 Å². The van der Waals surface area contributed by atoms with E-state index in [1.807, 2.05) is 0 Å². The molecule has 1 fully saturated rings. The Morgan fingerprint density at radius 2 is 2.33 bits per heavy atom. The van der Waals surface area contributed by atoms with Gasteiger partial charge in [0.15, 0.2) is 5.75 Å². The molecule has 1 saturated heterocycles. The molecule has 0 saturated carbocycles. The third-order valence-corrected chi connectivity index (χ3v) is 3.81. The molecule has 1 unspecified atom stereocenters. The average Bonchev–Trinajstić information content (AvgIpc) is 2.97. The smallest absolute Gasteiger partial charge is 0.410 e. The van der Waals surface area contributed by atoms with Gasteiger partial charge in [-0.15, -0.1) is 0 Å². The lowest BCUT2D eigenvalue weighted by Gasteiger charge is -2.14. The largest absolute Gasteiger partial charge is 0.475 e. The van der Waals surface area contributed by atoms with Crippen molar-refractivity contribution in [1.29, 1.82) is 0 Å². The van der Waals surface area contributed by atoms with E-state index in [0.29, 0.717) is 30.3 Å². The summed E-state index contributed by atoms with van der Waals surface area (Å²) in [4.78, 5) is 26.5. The number of amides is 2. The summed E-state index contributed by atoms with van der Waals surface area (Å²) < 4.78 is 10.8. The number of fused-ring (bicyclic) bond motifs is 1. The second-order valence-corrected chi connectivity index (χ2v) is 5.47. The van der Waals surface area contributed by atoms with E-state index in [1.165, 1.54) is 0 Å². The Morgan fingerprint density at radius 3 is 3.00 bits per heavy atom. The molecule has 2 heterocycles. The van der Waals surface area contributed by atoms with Crippen LogP contribution >= 0.6 is 0 Å². The third kappa shape index (κ3) is 3.32. The molecule has 8 heteroatoms. The van der Waals surface area contributed by atoms with Crippen LogP contribution in [0.4, 0.5) is 10.5 Å². The molecule has 1 atom stereocenters. The van der Waals surface area contributed by atoms with Gasteiger partial charge in [0.05, 0.1) is 11.7 Å². The Bertz CT molecular complexity index is 793. The van der Waals surface area contributed by atoms with Crippen LogP contribution in [0.1, 0.15) is 12.8 Å². The minimum atomic E-state index is -0.881. The number of rotatable bonds is 5. The van der Waals surface area contributed by atoms with Gasteiger partial charge in [-0.2, -0.15) is 0 Å². The van der Waals surface area contributed by atoms with Crippen LogP contribution in [0, 0.1) is 0 Å². The number of hydrogen-bond donors (Lipinski definition) is 3. The zero-order valence-electron chi connectivity index (χ0n) is 13.2. The third-order valence-electron chi connectivity index (χ3n) is 3.81. The van der Waals surface area contributed by atoms with E-state index in [-0.39, 0.29) is 11.9 Å². The van der Waals surface area contributed by atoms with Crippen molar-refractivity contribution in [2.75, 3.05) is 19.0 Å². The van der Waals surface area contributed by atoms with Gasteiger partial charge in [0.2, 0.25) is 11.8 Å². The second-order valence-electron chi connectivity index (χ2n) is 5.47. The van der Waals surface area contributed by atoms with Crippen LogP contribution in [0.3, 0.4) is 0 Å². The lowest BCUT2D eigenvalue weighted by Crippen LogP contribution is -2.31. The summed E-state index contributed by atoms with van der Waals surface area (Å²) in [6.07, 6.45) is 2.00. The zero-order chi connectivity index (χ0) is 17.1. The molecule has 2 amide bonds. The fraction of sp³-hybridized carbons (Fsp3) is 0.312. The minimum Gasteiger partial charge on any atom is -0.475 e. The molecule has 0 bridgehead atoms. The lowest BCUT2D eigenvalue weighted by molar-refractivity contribution is -0.119. The van der Waals surface area contributed by atoms with Crippen molar-refractivity contribution in [2.24, 2.45) is 5.73 Å². The topological polar surface area (TPSA) is 116 Å². The Morgan fingerprint density at radius 1 is 1.50 bits per heavy atom. The average molecular weight is 330 g/mol. The van der Waals surface area contributed by atoms with Gasteiger partial charge in [0.1, 0.15) is 6.61 Å². The Labute approximate surface area is 138 Å². The van der Waals surface area contributed by atoms with Crippen LogP contribution in [0.25, 0.3) is 10.8 Å². The van der Waals surface area contributed by atoms with Crippen LogP contribution in [-0.2, 0) is 4.79 Å². The Kier molecular flexibility index (Phi) is 4.37. The van der Waals surface area contributed by atoms with Gasteiger partial charge in [0.25, 0.3) is 0 Å². The first-order chi connectivity index (χ1) is 11.6. The molecule has 0 radical (unpaired) electrons. The van der Waals surface area contributed by atoms with E-state index in [9.17, 15) is 9.59 Å². The lowest BCUT2D eigenvalue weighted by atomic mass is 10.1. The maximum Gasteiger partial charge on any atom is 0.410 e. The van der Waals surface area contributed by atoms with Gasteiger partial charge < -0.3 is 25.8 Å². The second kappa shape index (κ2) is 6.61. The van der Waals surface area contributed by atoms with Crippen molar-refractivity contribution in [2.45, 2.75) is 18.9 Å². The summed E-state index contributed by atoms with van der Waals surface area (Å²) in [6.45, 7) is 0.353. The SMILES string of the molecule is CNc1cc2c(OCC3CCC(=O)N3)nccc2cc1OC(N)=O. The Balaban J connectivity index is 1.88. The van der Waals surface area contributed by atoms with E-state index in [2.05, 4.69) is 15.6 Å². The number of anilines is 1. The summed E-state index contributed by atoms with van der Waals surface area (Å²) in [5, 5.41) is 7.36. The highest BCUT2D eigenvalue weighted by molar-refractivity contribution is 5.93. The standard InChI is InChI=1S/C16H18N4O4/c1-18-12-7-11-9(6-13(12)24-16(17)22)4-5-19-15(11)23-8-10-2-3-14(21)20-10/h4-7,10,18H,2-3,8H2,1H3,(H2,17,22)(H,20,21). The van der Waals surface area contributed by atoms with Crippen molar-refractivity contribution >= 4 is 28.5 Å². The molecular formula is C16H18N4O4. The number of nitrogens with one attached hydrogen (secondary N) is 2. The van der Waals surface area contributed by atoms with E-state index >= 15 is 0 Å². The first-order valence-electron chi connectivity index (χ1n) is 7.57. The molecule has 1 aromatic carbocycles. The first-order valence-corrected chi connectivity index (χ1v) is 7.57. The number of pyridine rings is 1. The summed E-state index contributed by atoms with van der Waals surface area (Å²) in [7, 11) is 1.71. The highest BCUT2D eigenvalue weighted by atomic mass is 16.5. The molecule has 0 aliphatic carbocycles. The van der Waals surface area contributed by atoms with Gasteiger partial charge in [-0.05, 0) is 30.0 Å². The monoisotopic (exact) mass is 330 g/mol. The fourth-order valence-electron chi connectivity index (χ4n) is 2.66. The van der Waals surface area contributed by atoms with E-state index < -0.39 is 6.09 Å². The molecule has 3 rings (SSSR count). The van der Waals surface area contributed by atoms with Crippen molar-refractivity contribution in [3.63, 3.8) is 0 Å². The normalized spacial score (nSPS) is 16.7. The van der Waals surface area contributed by atoms with Crippen LogP contribution in [-0.4, -0.2) is 36.7 Å². The summed E-state index contributed by atoms with van der Waals surface area (Å²) >= 11 is 0. The molecule has 24 heavy (non-hydrogen) atoms. The maximum atomic E-state index is 11.2. The minimum absolute atomic E-state index is 0.00389. The van der Waals surface area contributed by atoms with E-state index in [0.717, 1.165) is 17.2 Å². The molecule has 2 aromatic rings. The van der Waals surface area contributed by atoms with Gasteiger partial charge in [-0.3, -0.25) is 4.79 Å². The first kappa shape index (κ1) is 15.9. The molecule has 1 aliphatic heterocycles. The molecular weight excluding hydrogens is 312 g/mol. The van der Waals surface area contributed by atoms with Crippen molar-refractivity contribution < 1.29 is 19.1 Å². The number of aromatic nitrogens is 1. The highest BCUT2D eigenvalue weighted by Crippen LogP contribution is 2.34. The molecule has 126 valence electrons. The number of nitrogens with zero attached hydrogens (tertiary/aromatic N) is 1. The van der Waals surface area contributed by atoms with Gasteiger partial charge in [0, 0.05) is 25.1 Å². The predicted molar refractivity (Wildman–Crippen MR) is 88.2 cm³/mol. The van der Waals surface area contributed by atoms with E-state index in [4.69, 9.17) is 15.2 Å². The summed E-state index contributed by atoms with van der Waals surface area (Å²) in [6, 6.07) is 5.25. The quantitative estimate of drug-likeness (QED) is 0.763. The van der Waals surface area contributed by atoms with Crippen LogP contribution < -0.4 is 25.8 Å². The predicted octanol–water partition coefficient (Wildman–Crippen LogP) is 1.39. The molecule has 1 aliphatic rings. The maximum absolute atomic E-state index is 11.2. The molecule has 8 nitrogen and oxygen atoms in total. The number of carbonyl (C=O) groups excluding carboxylic acids is 2. The number of benzene rings is 1. The number of hydrogen-bond acceptors (Lipinski definition) is 6. The fourth-order valence-corrected chi connectivity index (χ4v) is 2.66. The van der Waals surface area contributed by atoms with Gasteiger partial charge in [-0.25, -0.2) is 9.78 Å². The molecule has 0 spiro atoms. The molecule has 1 aromatic heterocycles. The zero-order valence-corrected chi connectivity index (χ0v) is 13.2.